The lowest BCUT2D eigenvalue weighted by atomic mass is 10.1. The second-order valence-electron chi connectivity index (χ2n) is 6.50. The van der Waals surface area contributed by atoms with Gasteiger partial charge in [-0.3, -0.25) is 14.9 Å². The summed E-state index contributed by atoms with van der Waals surface area (Å²) in [5.41, 5.74) is 1.78. The summed E-state index contributed by atoms with van der Waals surface area (Å²) in [7, 11) is 3.47. The highest BCUT2D eigenvalue weighted by atomic mass is 16.6. The number of carbonyl (C=O) groups is 1. The molecule has 0 fully saturated rings. The van der Waals surface area contributed by atoms with Crippen LogP contribution in [-0.4, -0.2) is 38.1 Å². The lowest BCUT2D eigenvalue weighted by Gasteiger charge is -2.16. The zero-order valence-electron chi connectivity index (χ0n) is 16.6. The number of methoxy groups -OCH3 is 1. The van der Waals surface area contributed by atoms with Crippen LogP contribution in [0.4, 0.5) is 11.4 Å². The van der Waals surface area contributed by atoms with Gasteiger partial charge in [0.15, 0.2) is 18.0 Å². The number of aryl methyl sites for hydroxylation is 1. The van der Waals surface area contributed by atoms with Gasteiger partial charge in [-0.1, -0.05) is 12.1 Å². The number of anilines is 1. The number of para-hydroxylation sites is 1. The second-order valence-corrected chi connectivity index (χ2v) is 6.50. The highest BCUT2D eigenvalue weighted by molar-refractivity contribution is 5.94. The fourth-order valence-electron chi connectivity index (χ4n) is 2.93. The van der Waals surface area contributed by atoms with Crippen LogP contribution in [0.2, 0.25) is 0 Å². The molecule has 1 amide bonds. The zero-order valence-corrected chi connectivity index (χ0v) is 16.6. The minimum Gasteiger partial charge on any atom is -0.493 e. The molecule has 2 rings (SSSR count). The van der Waals surface area contributed by atoms with Crippen molar-refractivity contribution < 1.29 is 24.1 Å². The van der Waals surface area contributed by atoms with Crippen molar-refractivity contribution in [2.24, 2.45) is 0 Å². The first-order chi connectivity index (χ1) is 13.3. The summed E-state index contributed by atoms with van der Waals surface area (Å²) in [6.45, 7) is 4.94. The summed E-state index contributed by atoms with van der Waals surface area (Å²) in [6, 6.07) is 10.4. The summed E-state index contributed by atoms with van der Waals surface area (Å²) in [4.78, 5) is 24.0. The molecular formula is C20H26N3O5+. The van der Waals surface area contributed by atoms with Crippen LogP contribution in [0.3, 0.4) is 0 Å². The highest BCUT2D eigenvalue weighted by Gasteiger charge is 2.20. The summed E-state index contributed by atoms with van der Waals surface area (Å²) in [6.07, 6.45) is 0. The quantitative estimate of drug-likeness (QED) is 0.506. The van der Waals surface area contributed by atoms with Crippen molar-refractivity contribution in [1.82, 2.24) is 0 Å². The van der Waals surface area contributed by atoms with Gasteiger partial charge in [0, 0.05) is 11.6 Å². The Morgan fingerprint density at radius 1 is 1.25 bits per heavy atom. The van der Waals surface area contributed by atoms with E-state index < -0.39 is 4.92 Å². The molecular weight excluding hydrogens is 362 g/mol. The Kier molecular flexibility index (Phi) is 7.34. The third kappa shape index (κ3) is 5.43. The van der Waals surface area contributed by atoms with Crippen LogP contribution in [0, 0.1) is 17.0 Å². The minimum absolute atomic E-state index is 0.109. The molecule has 0 radical (unpaired) electrons. The highest BCUT2D eigenvalue weighted by Crippen LogP contribution is 2.28. The number of benzene rings is 2. The van der Waals surface area contributed by atoms with Crippen molar-refractivity contribution in [2.45, 2.75) is 20.4 Å². The number of amides is 1. The number of ether oxygens (including phenoxy) is 2. The standard InChI is InChI=1S/C20H25N3O5/c1-5-28-17-10-9-15(11-18(17)27-4)12-22(3)13-19(24)21-20-14(2)7-6-8-16(20)23(25)26/h6-11H,5,12-13H2,1-4H3,(H,21,24)/p+1. The largest absolute Gasteiger partial charge is 0.493 e. The number of rotatable bonds is 9. The number of carbonyl (C=O) groups excluding carboxylic acids is 1. The number of nitro groups is 1. The number of hydrogen-bond donors (Lipinski definition) is 2. The van der Waals surface area contributed by atoms with Crippen molar-refractivity contribution in [1.29, 1.82) is 0 Å². The number of quaternary nitrogens is 1. The number of likely N-dealkylation sites (N-methyl/N-ethyl adjacent to an activating group) is 1. The summed E-state index contributed by atoms with van der Waals surface area (Å²) < 4.78 is 10.9. The molecule has 0 aliphatic heterocycles. The van der Waals surface area contributed by atoms with Gasteiger partial charge in [0.05, 0.1) is 25.7 Å². The Morgan fingerprint density at radius 3 is 2.64 bits per heavy atom. The molecule has 150 valence electrons. The predicted molar refractivity (Wildman–Crippen MR) is 106 cm³/mol. The van der Waals surface area contributed by atoms with Crippen LogP contribution in [-0.2, 0) is 11.3 Å². The second kappa shape index (κ2) is 9.70. The van der Waals surface area contributed by atoms with Gasteiger partial charge < -0.3 is 19.7 Å². The molecule has 2 aromatic rings. The van der Waals surface area contributed by atoms with Gasteiger partial charge in [-0.2, -0.15) is 0 Å². The van der Waals surface area contributed by atoms with Gasteiger partial charge in [-0.05, 0) is 37.6 Å². The van der Waals surface area contributed by atoms with Gasteiger partial charge in [-0.15, -0.1) is 0 Å². The molecule has 8 heteroatoms. The van der Waals surface area contributed by atoms with Gasteiger partial charge in [0.2, 0.25) is 0 Å². The van der Waals surface area contributed by atoms with Gasteiger partial charge in [-0.25, -0.2) is 0 Å². The summed E-state index contributed by atoms with van der Waals surface area (Å²) in [5, 5.41) is 13.9. The molecule has 0 saturated heterocycles. The van der Waals surface area contributed by atoms with Crippen molar-refractivity contribution in [3.05, 3.63) is 57.6 Å². The van der Waals surface area contributed by atoms with Crippen molar-refractivity contribution in [3.8, 4) is 11.5 Å². The SMILES string of the molecule is CCOc1ccc(C[NH+](C)CC(=O)Nc2c(C)cccc2[N+](=O)[O-])cc1OC. The maximum Gasteiger partial charge on any atom is 0.293 e. The minimum atomic E-state index is -0.495. The van der Waals surface area contributed by atoms with Gasteiger partial charge in [0.25, 0.3) is 11.6 Å². The fraction of sp³-hybridized carbons (Fsp3) is 0.350. The molecule has 1 atom stereocenters. The van der Waals surface area contributed by atoms with Crippen LogP contribution < -0.4 is 19.7 Å². The Labute approximate surface area is 164 Å². The van der Waals surface area contributed by atoms with Gasteiger partial charge in [0.1, 0.15) is 12.2 Å². The third-order valence-electron chi connectivity index (χ3n) is 4.21. The van der Waals surface area contributed by atoms with E-state index in [1.54, 1.807) is 26.2 Å². The molecule has 0 bridgehead atoms. The molecule has 1 unspecified atom stereocenters. The van der Waals surface area contributed by atoms with Crippen LogP contribution in [0.5, 0.6) is 11.5 Å². The smallest absolute Gasteiger partial charge is 0.293 e. The van der Waals surface area contributed by atoms with Crippen molar-refractivity contribution in [2.75, 3.05) is 32.6 Å². The number of nitrogens with zero attached hydrogens (tertiary/aromatic N) is 1. The van der Waals surface area contributed by atoms with E-state index in [0.717, 1.165) is 10.5 Å². The van der Waals surface area contributed by atoms with Crippen LogP contribution in [0.1, 0.15) is 18.1 Å². The molecule has 0 spiro atoms. The van der Waals surface area contributed by atoms with Crippen LogP contribution in [0.25, 0.3) is 0 Å². The van der Waals surface area contributed by atoms with E-state index in [0.29, 0.717) is 30.2 Å². The molecule has 0 heterocycles. The Morgan fingerprint density at radius 2 is 2.00 bits per heavy atom. The lowest BCUT2D eigenvalue weighted by Crippen LogP contribution is -3.08. The first-order valence-corrected chi connectivity index (χ1v) is 9.00. The first kappa shape index (κ1) is 21.2. The van der Waals surface area contributed by atoms with E-state index in [1.165, 1.54) is 6.07 Å². The molecule has 0 aliphatic carbocycles. The maximum absolute atomic E-state index is 12.4. The summed E-state index contributed by atoms with van der Waals surface area (Å²) >= 11 is 0. The molecule has 0 aromatic heterocycles. The number of nitro benzene ring substituents is 1. The Balaban J connectivity index is 2.03. The number of hydrogen-bond acceptors (Lipinski definition) is 5. The average molecular weight is 388 g/mol. The maximum atomic E-state index is 12.4. The predicted octanol–water partition coefficient (Wildman–Crippen LogP) is 1.96. The normalized spacial score (nSPS) is 11.6. The van der Waals surface area contributed by atoms with E-state index in [-0.39, 0.29) is 23.8 Å². The van der Waals surface area contributed by atoms with Crippen molar-refractivity contribution in [3.63, 3.8) is 0 Å². The topological polar surface area (TPSA) is 95.1 Å². The molecule has 28 heavy (non-hydrogen) atoms. The van der Waals surface area contributed by atoms with E-state index in [2.05, 4.69) is 5.32 Å². The van der Waals surface area contributed by atoms with Crippen LogP contribution in [0.15, 0.2) is 36.4 Å². The Hall–Kier alpha value is -3.13. The third-order valence-corrected chi connectivity index (χ3v) is 4.21. The van der Waals surface area contributed by atoms with Crippen molar-refractivity contribution >= 4 is 17.3 Å². The first-order valence-electron chi connectivity index (χ1n) is 9.00. The summed E-state index contributed by atoms with van der Waals surface area (Å²) in [5.74, 6) is 1.04. The van der Waals surface area contributed by atoms with E-state index >= 15 is 0 Å². The molecule has 2 N–H and O–H groups in total. The molecule has 8 nitrogen and oxygen atoms in total. The molecule has 0 saturated carbocycles. The zero-order chi connectivity index (χ0) is 20.7. The van der Waals surface area contributed by atoms with E-state index in [4.69, 9.17) is 9.47 Å². The fourth-order valence-corrected chi connectivity index (χ4v) is 2.93. The van der Waals surface area contributed by atoms with Crippen LogP contribution >= 0.6 is 0 Å². The Bertz CT molecular complexity index is 854. The number of nitrogens with one attached hydrogen (secondary N) is 2. The van der Waals surface area contributed by atoms with Gasteiger partial charge >= 0.3 is 0 Å². The molecule has 0 aliphatic rings. The molecule has 2 aromatic carbocycles. The lowest BCUT2D eigenvalue weighted by molar-refractivity contribution is -0.885. The van der Waals surface area contributed by atoms with E-state index in [1.807, 2.05) is 32.2 Å². The average Bonchev–Trinajstić information content (AvgIpc) is 2.64. The monoisotopic (exact) mass is 388 g/mol. The van der Waals surface area contributed by atoms with E-state index in [9.17, 15) is 14.9 Å².